The van der Waals surface area contributed by atoms with Gasteiger partial charge in [-0.15, -0.1) is 0 Å². The summed E-state index contributed by atoms with van der Waals surface area (Å²) >= 11 is 0. The molecule has 23 heavy (non-hydrogen) atoms. The fourth-order valence-corrected chi connectivity index (χ4v) is 2.75. The van der Waals surface area contributed by atoms with E-state index in [1.54, 1.807) is 9.80 Å². The first-order valence-corrected chi connectivity index (χ1v) is 7.66. The van der Waals surface area contributed by atoms with E-state index in [4.69, 9.17) is 14.2 Å². The molecule has 1 saturated heterocycles. The SMILES string of the molecule is COC(=O)N1CCN(C(=O)Cc2ccc3c(c2)OCCO3)CC1. The summed E-state index contributed by atoms with van der Waals surface area (Å²) in [6.45, 7) is 3.13. The standard InChI is InChI=1S/C16H20N2O5/c1-21-16(20)18-6-4-17(5-7-18)15(19)11-12-2-3-13-14(10-12)23-9-8-22-13/h2-3,10H,4-9,11H2,1H3. The second-order valence-electron chi connectivity index (χ2n) is 5.49. The van der Waals surface area contributed by atoms with E-state index in [9.17, 15) is 9.59 Å². The summed E-state index contributed by atoms with van der Waals surface area (Å²) in [6, 6.07) is 5.58. The van der Waals surface area contributed by atoms with E-state index >= 15 is 0 Å². The zero-order chi connectivity index (χ0) is 16.2. The number of piperazine rings is 1. The maximum atomic E-state index is 12.4. The smallest absolute Gasteiger partial charge is 0.409 e. The third-order valence-corrected chi connectivity index (χ3v) is 4.03. The van der Waals surface area contributed by atoms with Crippen molar-refractivity contribution in [3.05, 3.63) is 23.8 Å². The quantitative estimate of drug-likeness (QED) is 0.810. The molecular weight excluding hydrogens is 300 g/mol. The Bertz CT molecular complexity index is 596. The second-order valence-corrected chi connectivity index (χ2v) is 5.49. The summed E-state index contributed by atoms with van der Waals surface area (Å²) in [5, 5.41) is 0. The van der Waals surface area contributed by atoms with Gasteiger partial charge in [0.05, 0.1) is 13.5 Å². The van der Waals surface area contributed by atoms with Crippen LogP contribution in [0.25, 0.3) is 0 Å². The molecule has 3 rings (SSSR count). The molecule has 2 aliphatic heterocycles. The van der Waals surface area contributed by atoms with Crippen LogP contribution in [-0.4, -0.2) is 68.3 Å². The fourth-order valence-electron chi connectivity index (χ4n) is 2.75. The molecule has 1 fully saturated rings. The first-order chi connectivity index (χ1) is 11.2. The van der Waals surface area contributed by atoms with E-state index in [0.29, 0.717) is 51.6 Å². The Balaban J connectivity index is 1.56. The number of carbonyl (C=O) groups excluding carboxylic acids is 2. The normalized spacial score (nSPS) is 16.9. The van der Waals surface area contributed by atoms with Gasteiger partial charge in [0.1, 0.15) is 13.2 Å². The van der Waals surface area contributed by atoms with Gasteiger partial charge in [-0.05, 0) is 17.7 Å². The summed E-state index contributed by atoms with van der Waals surface area (Å²) in [5.41, 5.74) is 0.898. The van der Waals surface area contributed by atoms with Crippen molar-refractivity contribution in [1.29, 1.82) is 0 Å². The van der Waals surface area contributed by atoms with Crippen molar-refractivity contribution in [2.24, 2.45) is 0 Å². The van der Waals surface area contributed by atoms with Gasteiger partial charge in [-0.3, -0.25) is 4.79 Å². The molecule has 2 amide bonds. The van der Waals surface area contributed by atoms with Crippen LogP contribution in [0.3, 0.4) is 0 Å². The molecule has 7 heteroatoms. The van der Waals surface area contributed by atoms with Crippen LogP contribution < -0.4 is 9.47 Å². The monoisotopic (exact) mass is 320 g/mol. The van der Waals surface area contributed by atoms with Gasteiger partial charge in [-0.2, -0.15) is 0 Å². The molecule has 0 aromatic heterocycles. The van der Waals surface area contributed by atoms with Gasteiger partial charge in [0.2, 0.25) is 5.91 Å². The predicted octanol–water partition coefficient (Wildman–Crippen LogP) is 0.911. The van der Waals surface area contributed by atoms with Crippen molar-refractivity contribution >= 4 is 12.0 Å². The van der Waals surface area contributed by atoms with Crippen LogP contribution in [0.1, 0.15) is 5.56 Å². The molecule has 0 bridgehead atoms. The van der Waals surface area contributed by atoms with E-state index in [1.807, 2.05) is 18.2 Å². The number of amides is 2. The van der Waals surface area contributed by atoms with Gasteiger partial charge >= 0.3 is 6.09 Å². The number of hydrogen-bond donors (Lipinski definition) is 0. The first-order valence-electron chi connectivity index (χ1n) is 7.66. The van der Waals surface area contributed by atoms with Crippen molar-refractivity contribution in [2.45, 2.75) is 6.42 Å². The summed E-state index contributed by atoms with van der Waals surface area (Å²) in [6.07, 6.45) is -0.0292. The Kier molecular flexibility index (Phi) is 4.55. The number of rotatable bonds is 2. The largest absolute Gasteiger partial charge is 0.486 e. The Morgan fingerprint density at radius 1 is 1.04 bits per heavy atom. The highest BCUT2D eigenvalue weighted by Crippen LogP contribution is 2.31. The number of fused-ring (bicyclic) bond motifs is 1. The molecule has 2 heterocycles. The van der Waals surface area contributed by atoms with Gasteiger partial charge in [0.15, 0.2) is 11.5 Å². The molecular formula is C16H20N2O5. The van der Waals surface area contributed by atoms with Crippen LogP contribution in [0.15, 0.2) is 18.2 Å². The van der Waals surface area contributed by atoms with Crippen molar-refractivity contribution in [3.8, 4) is 11.5 Å². The van der Waals surface area contributed by atoms with E-state index in [-0.39, 0.29) is 12.0 Å². The number of ether oxygens (including phenoxy) is 3. The highest BCUT2D eigenvalue weighted by molar-refractivity contribution is 5.79. The van der Waals surface area contributed by atoms with Crippen LogP contribution >= 0.6 is 0 Å². The first kappa shape index (κ1) is 15.5. The number of nitrogens with zero attached hydrogens (tertiary/aromatic N) is 2. The molecule has 2 aliphatic rings. The van der Waals surface area contributed by atoms with Gasteiger partial charge < -0.3 is 24.0 Å². The molecule has 0 unspecified atom stereocenters. The van der Waals surface area contributed by atoms with Gasteiger partial charge in [-0.25, -0.2) is 4.79 Å². The van der Waals surface area contributed by atoms with Crippen LogP contribution in [0.4, 0.5) is 4.79 Å². The van der Waals surface area contributed by atoms with E-state index in [1.165, 1.54) is 7.11 Å². The summed E-state index contributed by atoms with van der Waals surface area (Å²) in [4.78, 5) is 27.2. The van der Waals surface area contributed by atoms with E-state index < -0.39 is 0 Å². The van der Waals surface area contributed by atoms with Gasteiger partial charge in [-0.1, -0.05) is 6.07 Å². The summed E-state index contributed by atoms with van der Waals surface area (Å²) in [5.74, 6) is 1.46. The van der Waals surface area contributed by atoms with Crippen molar-refractivity contribution in [3.63, 3.8) is 0 Å². The van der Waals surface area contributed by atoms with Crippen LogP contribution in [-0.2, 0) is 16.0 Å². The zero-order valence-corrected chi connectivity index (χ0v) is 13.1. The highest BCUT2D eigenvalue weighted by atomic mass is 16.6. The van der Waals surface area contributed by atoms with Crippen molar-refractivity contribution < 1.29 is 23.8 Å². The molecule has 7 nitrogen and oxygen atoms in total. The Labute approximate surface area is 134 Å². The zero-order valence-electron chi connectivity index (χ0n) is 13.1. The predicted molar refractivity (Wildman–Crippen MR) is 81.7 cm³/mol. The molecule has 1 aromatic carbocycles. The Hall–Kier alpha value is -2.44. The second kappa shape index (κ2) is 6.76. The molecule has 0 atom stereocenters. The average molecular weight is 320 g/mol. The lowest BCUT2D eigenvalue weighted by Crippen LogP contribution is -2.50. The molecule has 0 spiro atoms. The fraction of sp³-hybridized carbons (Fsp3) is 0.500. The molecule has 0 aliphatic carbocycles. The van der Waals surface area contributed by atoms with Crippen LogP contribution in [0.2, 0.25) is 0 Å². The number of benzene rings is 1. The molecule has 1 aromatic rings. The number of methoxy groups -OCH3 is 1. The summed E-state index contributed by atoms with van der Waals surface area (Å²) < 4.78 is 15.7. The third kappa shape index (κ3) is 3.49. The number of hydrogen-bond acceptors (Lipinski definition) is 5. The number of carbonyl (C=O) groups is 2. The third-order valence-electron chi connectivity index (χ3n) is 4.03. The molecule has 0 saturated carbocycles. The maximum absolute atomic E-state index is 12.4. The van der Waals surface area contributed by atoms with Gasteiger partial charge in [0.25, 0.3) is 0 Å². The Morgan fingerprint density at radius 2 is 1.70 bits per heavy atom. The lowest BCUT2D eigenvalue weighted by atomic mass is 10.1. The topological polar surface area (TPSA) is 68.3 Å². The minimum Gasteiger partial charge on any atom is -0.486 e. The molecule has 0 radical (unpaired) electrons. The van der Waals surface area contributed by atoms with E-state index in [0.717, 1.165) is 11.3 Å². The lowest BCUT2D eigenvalue weighted by molar-refractivity contribution is -0.132. The van der Waals surface area contributed by atoms with Crippen molar-refractivity contribution in [1.82, 2.24) is 9.80 Å². The molecule has 0 N–H and O–H groups in total. The van der Waals surface area contributed by atoms with Crippen LogP contribution in [0, 0.1) is 0 Å². The van der Waals surface area contributed by atoms with Crippen molar-refractivity contribution in [2.75, 3.05) is 46.5 Å². The summed E-state index contributed by atoms with van der Waals surface area (Å²) in [7, 11) is 1.36. The maximum Gasteiger partial charge on any atom is 0.409 e. The minimum atomic E-state index is -0.344. The highest BCUT2D eigenvalue weighted by Gasteiger charge is 2.24. The van der Waals surface area contributed by atoms with Crippen LogP contribution in [0.5, 0.6) is 11.5 Å². The minimum absolute atomic E-state index is 0.0474. The lowest BCUT2D eigenvalue weighted by Gasteiger charge is -2.34. The average Bonchev–Trinajstić information content (AvgIpc) is 2.61. The van der Waals surface area contributed by atoms with Gasteiger partial charge in [0, 0.05) is 26.2 Å². The molecule has 124 valence electrons. The Morgan fingerprint density at radius 3 is 2.39 bits per heavy atom. The van der Waals surface area contributed by atoms with E-state index in [2.05, 4.69) is 0 Å².